The zero-order chi connectivity index (χ0) is 13.0. The number of nitrogen functional groups attached to an aromatic ring is 1. The third-order valence-corrected chi connectivity index (χ3v) is 2.39. The zero-order valence-corrected chi connectivity index (χ0v) is 9.74. The van der Waals surface area contributed by atoms with Crippen LogP contribution < -0.4 is 10.6 Å². The minimum absolute atomic E-state index is 0.224. The lowest BCUT2D eigenvalue weighted by atomic mass is 10.1. The third kappa shape index (κ3) is 3.07. The number of carbonyl (C=O) groups is 1. The first-order valence-corrected chi connectivity index (χ1v) is 4.99. The van der Waals surface area contributed by atoms with E-state index < -0.39 is 17.3 Å². The Morgan fingerprint density at radius 1 is 1.59 bits per heavy atom. The van der Waals surface area contributed by atoms with Gasteiger partial charge in [-0.25, -0.2) is 9.18 Å². The SMILES string of the molecule is COCCN(C)c1cc(F)c(C(=O)O)cc1N. The summed E-state index contributed by atoms with van der Waals surface area (Å²) in [5.41, 5.74) is 5.94. The zero-order valence-electron chi connectivity index (χ0n) is 9.74. The van der Waals surface area contributed by atoms with Crippen LogP contribution in [0.4, 0.5) is 15.8 Å². The number of aromatic carboxylic acids is 1. The maximum Gasteiger partial charge on any atom is 0.338 e. The number of carboxylic acid groups (broad SMARTS) is 1. The molecule has 94 valence electrons. The molecule has 0 amide bonds. The van der Waals surface area contributed by atoms with Gasteiger partial charge in [0.15, 0.2) is 0 Å². The van der Waals surface area contributed by atoms with Gasteiger partial charge in [0.25, 0.3) is 0 Å². The summed E-state index contributed by atoms with van der Waals surface area (Å²) in [6, 6.07) is 2.24. The molecule has 5 nitrogen and oxygen atoms in total. The second-order valence-corrected chi connectivity index (χ2v) is 3.61. The standard InChI is InChI=1S/C11H15FN2O3/c1-14(3-4-17-2)10-6-8(12)7(11(15)16)5-9(10)13/h5-6H,3-4,13H2,1-2H3,(H,15,16). The molecule has 0 saturated carbocycles. The van der Waals surface area contributed by atoms with Crippen molar-refractivity contribution in [2.24, 2.45) is 0 Å². The van der Waals surface area contributed by atoms with Crippen molar-refractivity contribution in [3.8, 4) is 0 Å². The van der Waals surface area contributed by atoms with Gasteiger partial charge < -0.3 is 20.5 Å². The number of benzene rings is 1. The Labute approximate surface area is 98.6 Å². The van der Waals surface area contributed by atoms with Gasteiger partial charge in [-0.1, -0.05) is 0 Å². The van der Waals surface area contributed by atoms with Crippen molar-refractivity contribution in [2.45, 2.75) is 0 Å². The molecule has 3 N–H and O–H groups in total. The predicted octanol–water partition coefficient (Wildman–Crippen LogP) is 1.19. The summed E-state index contributed by atoms with van der Waals surface area (Å²) < 4.78 is 18.4. The molecular weight excluding hydrogens is 227 g/mol. The molecule has 0 spiro atoms. The molecule has 0 aliphatic heterocycles. The van der Waals surface area contributed by atoms with Gasteiger partial charge in [-0.2, -0.15) is 0 Å². The summed E-state index contributed by atoms with van der Waals surface area (Å²) in [4.78, 5) is 12.4. The Morgan fingerprint density at radius 3 is 2.76 bits per heavy atom. The predicted molar refractivity (Wildman–Crippen MR) is 62.9 cm³/mol. The van der Waals surface area contributed by atoms with E-state index in [1.54, 1.807) is 19.1 Å². The first-order chi connectivity index (χ1) is 7.97. The number of ether oxygens (including phenoxy) is 1. The molecular formula is C11H15FN2O3. The second-order valence-electron chi connectivity index (χ2n) is 3.61. The van der Waals surface area contributed by atoms with E-state index in [2.05, 4.69) is 0 Å². The number of anilines is 2. The van der Waals surface area contributed by atoms with Crippen molar-refractivity contribution < 1.29 is 19.0 Å². The quantitative estimate of drug-likeness (QED) is 0.758. The number of methoxy groups -OCH3 is 1. The smallest absolute Gasteiger partial charge is 0.338 e. The summed E-state index contributed by atoms with van der Waals surface area (Å²) in [5, 5.41) is 8.73. The van der Waals surface area contributed by atoms with Gasteiger partial charge in [-0.05, 0) is 6.07 Å². The average Bonchev–Trinajstić information content (AvgIpc) is 2.28. The fourth-order valence-electron chi connectivity index (χ4n) is 1.42. The van der Waals surface area contributed by atoms with Crippen LogP contribution in [-0.2, 0) is 4.74 Å². The van der Waals surface area contributed by atoms with E-state index in [0.29, 0.717) is 18.8 Å². The molecule has 0 aromatic heterocycles. The number of hydrogen-bond donors (Lipinski definition) is 2. The van der Waals surface area contributed by atoms with Crippen LogP contribution in [0, 0.1) is 5.82 Å². The largest absolute Gasteiger partial charge is 0.478 e. The van der Waals surface area contributed by atoms with Gasteiger partial charge in [0.2, 0.25) is 0 Å². The molecule has 1 rings (SSSR count). The Bertz CT molecular complexity index is 423. The number of rotatable bonds is 5. The molecule has 1 aromatic rings. The van der Waals surface area contributed by atoms with Gasteiger partial charge in [0.1, 0.15) is 5.82 Å². The van der Waals surface area contributed by atoms with Gasteiger partial charge in [-0.3, -0.25) is 0 Å². The molecule has 0 fully saturated rings. The number of likely N-dealkylation sites (N-methyl/N-ethyl adjacent to an activating group) is 1. The van der Waals surface area contributed by atoms with Crippen molar-refractivity contribution in [3.05, 3.63) is 23.5 Å². The van der Waals surface area contributed by atoms with E-state index in [4.69, 9.17) is 15.6 Å². The molecule has 0 radical (unpaired) electrons. The second kappa shape index (κ2) is 5.49. The highest BCUT2D eigenvalue weighted by atomic mass is 19.1. The van der Waals surface area contributed by atoms with Crippen LogP contribution >= 0.6 is 0 Å². The highest BCUT2D eigenvalue weighted by Gasteiger charge is 2.15. The first kappa shape index (κ1) is 13.2. The van der Waals surface area contributed by atoms with Crippen LogP contribution in [0.15, 0.2) is 12.1 Å². The lowest BCUT2D eigenvalue weighted by Crippen LogP contribution is -2.23. The summed E-state index contributed by atoms with van der Waals surface area (Å²) in [6.45, 7) is 1.00. The Hall–Kier alpha value is -1.82. The van der Waals surface area contributed by atoms with Crippen molar-refractivity contribution in [1.82, 2.24) is 0 Å². The van der Waals surface area contributed by atoms with Crippen LogP contribution in [-0.4, -0.2) is 38.4 Å². The van der Waals surface area contributed by atoms with Crippen LogP contribution in [0.25, 0.3) is 0 Å². The molecule has 0 aliphatic rings. The number of carboxylic acids is 1. The van der Waals surface area contributed by atoms with Crippen molar-refractivity contribution in [2.75, 3.05) is 37.9 Å². The maximum absolute atomic E-state index is 13.5. The van der Waals surface area contributed by atoms with E-state index in [-0.39, 0.29) is 5.69 Å². The van der Waals surface area contributed by atoms with E-state index in [0.717, 1.165) is 12.1 Å². The molecule has 0 unspecified atom stereocenters. The molecule has 17 heavy (non-hydrogen) atoms. The van der Waals surface area contributed by atoms with Gasteiger partial charge in [0, 0.05) is 26.8 Å². The molecule has 1 aromatic carbocycles. The van der Waals surface area contributed by atoms with Crippen LogP contribution in [0.2, 0.25) is 0 Å². The van der Waals surface area contributed by atoms with Crippen molar-refractivity contribution >= 4 is 17.3 Å². The first-order valence-electron chi connectivity index (χ1n) is 4.99. The van der Waals surface area contributed by atoms with Crippen molar-refractivity contribution in [3.63, 3.8) is 0 Å². The number of halogens is 1. The molecule has 0 atom stereocenters. The number of nitrogens with zero attached hydrogens (tertiary/aromatic N) is 1. The summed E-state index contributed by atoms with van der Waals surface area (Å²) in [6.07, 6.45) is 0. The van der Waals surface area contributed by atoms with Gasteiger partial charge in [-0.15, -0.1) is 0 Å². The van der Waals surface area contributed by atoms with E-state index >= 15 is 0 Å². The lowest BCUT2D eigenvalue weighted by Gasteiger charge is -2.21. The summed E-state index contributed by atoms with van der Waals surface area (Å²) in [7, 11) is 3.29. The molecule has 0 saturated heterocycles. The van der Waals surface area contributed by atoms with E-state index in [1.165, 1.54) is 0 Å². The normalized spacial score (nSPS) is 10.3. The fourth-order valence-corrected chi connectivity index (χ4v) is 1.42. The molecule has 6 heteroatoms. The topological polar surface area (TPSA) is 75.8 Å². The average molecular weight is 242 g/mol. The highest BCUT2D eigenvalue weighted by Crippen LogP contribution is 2.25. The highest BCUT2D eigenvalue weighted by molar-refractivity contribution is 5.90. The number of nitrogens with two attached hydrogens (primary N) is 1. The Morgan fingerprint density at radius 2 is 2.24 bits per heavy atom. The molecule has 0 bridgehead atoms. The van der Waals surface area contributed by atoms with Gasteiger partial charge >= 0.3 is 5.97 Å². The summed E-state index contributed by atoms with van der Waals surface area (Å²) >= 11 is 0. The van der Waals surface area contributed by atoms with E-state index in [1.807, 2.05) is 0 Å². The van der Waals surface area contributed by atoms with E-state index in [9.17, 15) is 9.18 Å². The maximum atomic E-state index is 13.5. The van der Waals surface area contributed by atoms with Crippen LogP contribution in [0.5, 0.6) is 0 Å². The Balaban J connectivity index is 3.02. The lowest BCUT2D eigenvalue weighted by molar-refractivity contribution is 0.0692. The number of hydrogen-bond acceptors (Lipinski definition) is 4. The van der Waals surface area contributed by atoms with Gasteiger partial charge in [0.05, 0.1) is 23.5 Å². The Kier molecular flexibility index (Phi) is 4.28. The van der Waals surface area contributed by atoms with Crippen molar-refractivity contribution in [1.29, 1.82) is 0 Å². The monoisotopic (exact) mass is 242 g/mol. The molecule has 0 heterocycles. The minimum Gasteiger partial charge on any atom is -0.478 e. The minimum atomic E-state index is -1.33. The third-order valence-electron chi connectivity index (χ3n) is 2.39. The summed E-state index contributed by atoms with van der Waals surface area (Å²) in [5.74, 6) is -2.13. The van der Waals surface area contributed by atoms with Crippen LogP contribution in [0.1, 0.15) is 10.4 Å². The van der Waals surface area contributed by atoms with Crippen LogP contribution in [0.3, 0.4) is 0 Å². The molecule has 0 aliphatic carbocycles. The fraction of sp³-hybridized carbons (Fsp3) is 0.364.